The first-order chi connectivity index (χ1) is 9.11. The number of amides is 1. The number of hydrogen-bond acceptors (Lipinski definition) is 3. The van der Waals surface area contributed by atoms with Gasteiger partial charge in [0.25, 0.3) is 5.91 Å². The molecule has 0 saturated heterocycles. The number of nitrogens with zero attached hydrogens (tertiary/aromatic N) is 3. The zero-order chi connectivity index (χ0) is 13.8. The molecule has 0 spiro atoms. The van der Waals surface area contributed by atoms with E-state index in [0.717, 1.165) is 11.4 Å². The monoisotopic (exact) mass is 261 g/mol. The van der Waals surface area contributed by atoms with Crippen molar-refractivity contribution in [2.45, 2.75) is 39.8 Å². The number of H-pyrrole nitrogens is 1. The fraction of sp³-hybridized carbons (Fsp3) is 0.462. The van der Waals surface area contributed by atoms with Crippen LogP contribution in [-0.2, 0) is 13.1 Å². The second kappa shape index (κ2) is 5.69. The van der Waals surface area contributed by atoms with Crippen LogP contribution in [0.25, 0.3) is 0 Å². The van der Waals surface area contributed by atoms with E-state index in [0.29, 0.717) is 24.7 Å². The number of aromatic amines is 1. The van der Waals surface area contributed by atoms with Gasteiger partial charge >= 0.3 is 0 Å². The van der Waals surface area contributed by atoms with Crippen LogP contribution in [0, 0.1) is 0 Å². The maximum Gasteiger partial charge on any atom is 0.269 e. The van der Waals surface area contributed by atoms with Crippen molar-refractivity contribution in [1.82, 2.24) is 25.3 Å². The minimum atomic E-state index is -0.115. The predicted molar refractivity (Wildman–Crippen MR) is 71.7 cm³/mol. The summed E-state index contributed by atoms with van der Waals surface area (Å²) >= 11 is 0. The van der Waals surface area contributed by atoms with Crippen molar-refractivity contribution in [1.29, 1.82) is 0 Å². The standard InChI is InChI=1S/C13H19N5O/c1-4-18-12(7-11(17-18)9(2)3)13(19)14-8-10-5-6-15-16-10/h5-7,9H,4,8H2,1-3H3,(H,14,19)(H,15,16). The van der Waals surface area contributed by atoms with Gasteiger partial charge in [-0.2, -0.15) is 10.2 Å². The lowest BCUT2D eigenvalue weighted by Gasteiger charge is -2.05. The summed E-state index contributed by atoms with van der Waals surface area (Å²) in [4.78, 5) is 12.1. The van der Waals surface area contributed by atoms with Gasteiger partial charge in [0.1, 0.15) is 5.69 Å². The van der Waals surface area contributed by atoms with Crippen molar-refractivity contribution in [3.05, 3.63) is 35.4 Å². The molecular weight excluding hydrogens is 242 g/mol. The van der Waals surface area contributed by atoms with E-state index in [1.165, 1.54) is 0 Å². The topological polar surface area (TPSA) is 75.6 Å². The predicted octanol–water partition coefficient (Wildman–Crippen LogP) is 1.68. The quantitative estimate of drug-likeness (QED) is 0.859. The molecule has 0 bridgehead atoms. The Bertz CT molecular complexity index is 541. The summed E-state index contributed by atoms with van der Waals surface area (Å²) in [6, 6.07) is 3.69. The maximum absolute atomic E-state index is 12.1. The van der Waals surface area contributed by atoms with Crippen LogP contribution in [0.1, 0.15) is 48.6 Å². The number of carbonyl (C=O) groups excluding carboxylic acids is 1. The first-order valence-corrected chi connectivity index (χ1v) is 6.46. The molecule has 0 fully saturated rings. The summed E-state index contributed by atoms with van der Waals surface area (Å²) in [7, 11) is 0. The van der Waals surface area contributed by atoms with Gasteiger partial charge in [-0.15, -0.1) is 0 Å². The van der Waals surface area contributed by atoms with Crippen molar-refractivity contribution in [2.24, 2.45) is 0 Å². The normalized spacial score (nSPS) is 10.9. The summed E-state index contributed by atoms with van der Waals surface area (Å²) in [5.41, 5.74) is 2.42. The van der Waals surface area contributed by atoms with Gasteiger partial charge in [-0.3, -0.25) is 14.6 Å². The molecule has 2 aromatic rings. The first kappa shape index (κ1) is 13.3. The van der Waals surface area contributed by atoms with E-state index in [2.05, 4.69) is 34.5 Å². The fourth-order valence-corrected chi connectivity index (χ4v) is 1.79. The lowest BCUT2D eigenvalue weighted by molar-refractivity contribution is 0.0939. The minimum Gasteiger partial charge on any atom is -0.345 e. The highest BCUT2D eigenvalue weighted by molar-refractivity contribution is 5.92. The third-order valence-corrected chi connectivity index (χ3v) is 2.92. The average Bonchev–Trinajstić information content (AvgIpc) is 3.04. The van der Waals surface area contributed by atoms with E-state index in [-0.39, 0.29) is 5.91 Å². The van der Waals surface area contributed by atoms with E-state index < -0.39 is 0 Å². The fourth-order valence-electron chi connectivity index (χ4n) is 1.79. The minimum absolute atomic E-state index is 0.115. The molecule has 0 aliphatic heterocycles. The average molecular weight is 261 g/mol. The number of nitrogens with one attached hydrogen (secondary N) is 2. The Hall–Kier alpha value is -2.11. The van der Waals surface area contributed by atoms with Gasteiger partial charge < -0.3 is 5.32 Å². The molecule has 0 radical (unpaired) electrons. The molecule has 0 aliphatic rings. The molecule has 102 valence electrons. The Morgan fingerprint density at radius 2 is 2.32 bits per heavy atom. The Balaban J connectivity index is 2.09. The molecule has 0 unspecified atom stereocenters. The number of hydrogen-bond donors (Lipinski definition) is 2. The van der Waals surface area contributed by atoms with Crippen molar-refractivity contribution in [3.8, 4) is 0 Å². The van der Waals surface area contributed by atoms with Crippen molar-refractivity contribution in [2.75, 3.05) is 0 Å². The SMILES string of the molecule is CCn1nc(C(C)C)cc1C(=O)NCc1ccn[nH]1. The molecule has 2 N–H and O–H groups in total. The van der Waals surface area contributed by atoms with Gasteiger partial charge in [-0.25, -0.2) is 0 Å². The molecule has 6 heteroatoms. The van der Waals surface area contributed by atoms with Gasteiger partial charge in [-0.05, 0) is 25.0 Å². The van der Waals surface area contributed by atoms with Crippen LogP contribution in [0.15, 0.2) is 18.3 Å². The number of carbonyl (C=O) groups is 1. The molecule has 2 rings (SSSR count). The molecule has 1 amide bonds. The van der Waals surface area contributed by atoms with Crippen LogP contribution in [0.2, 0.25) is 0 Å². The summed E-state index contributed by atoms with van der Waals surface area (Å²) in [5.74, 6) is 0.197. The highest BCUT2D eigenvalue weighted by Gasteiger charge is 2.15. The molecule has 6 nitrogen and oxygen atoms in total. The van der Waals surface area contributed by atoms with E-state index in [4.69, 9.17) is 0 Å². The second-order valence-corrected chi connectivity index (χ2v) is 4.69. The molecule has 0 saturated carbocycles. The van der Waals surface area contributed by atoms with Crippen molar-refractivity contribution < 1.29 is 4.79 Å². The second-order valence-electron chi connectivity index (χ2n) is 4.69. The zero-order valence-corrected chi connectivity index (χ0v) is 11.5. The van der Waals surface area contributed by atoms with Crippen LogP contribution < -0.4 is 5.32 Å². The molecule has 19 heavy (non-hydrogen) atoms. The summed E-state index contributed by atoms with van der Waals surface area (Å²) in [6.07, 6.45) is 1.66. The van der Waals surface area contributed by atoms with E-state index in [1.54, 1.807) is 10.9 Å². The van der Waals surface area contributed by atoms with Gasteiger partial charge in [0, 0.05) is 12.7 Å². The van der Waals surface area contributed by atoms with Crippen molar-refractivity contribution in [3.63, 3.8) is 0 Å². The summed E-state index contributed by atoms with van der Waals surface area (Å²) in [6.45, 7) is 7.22. The molecule has 0 atom stereocenters. The lowest BCUT2D eigenvalue weighted by Crippen LogP contribution is -2.25. The lowest BCUT2D eigenvalue weighted by atomic mass is 10.1. The number of aromatic nitrogens is 4. The van der Waals surface area contributed by atoms with Crippen LogP contribution >= 0.6 is 0 Å². The first-order valence-electron chi connectivity index (χ1n) is 6.46. The Labute approximate surface area is 112 Å². The van der Waals surface area contributed by atoms with Gasteiger partial charge in [0.05, 0.1) is 17.9 Å². The molecule has 2 aromatic heterocycles. The molecule has 0 aliphatic carbocycles. The number of rotatable bonds is 5. The molecule has 2 heterocycles. The summed E-state index contributed by atoms with van der Waals surface area (Å²) in [5, 5.41) is 13.9. The van der Waals surface area contributed by atoms with Crippen LogP contribution in [-0.4, -0.2) is 25.9 Å². The third kappa shape index (κ3) is 3.01. The van der Waals surface area contributed by atoms with Gasteiger partial charge in [-0.1, -0.05) is 13.8 Å². The molecular formula is C13H19N5O. The van der Waals surface area contributed by atoms with Gasteiger partial charge in [0.2, 0.25) is 0 Å². The number of aryl methyl sites for hydroxylation is 1. The Kier molecular flexibility index (Phi) is 3.99. The highest BCUT2D eigenvalue weighted by Crippen LogP contribution is 2.14. The smallest absolute Gasteiger partial charge is 0.269 e. The van der Waals surface area contributed by atoms with E-state index in [1.807, 2.05) is 19.1 Å². The van der Waals surface area contributed by atoms with Crippen molar-refractivity contribution >= 4 is 5.91 Å². The Morgan fingerprint density at radius 3 is 2.89 bits per heavy atom. The van der Waals surface area contributed by atoms with E-state index in [9.17, 15) is 4.79 Å². The summed E-state index contributed by atoms with van der Waals surface area (Å²) < 4.78 is 1.73. The zero-order valence-electron chi connectivity index (χ0n) is 11.5. The van der Waals surface area contributed by atoms with Crippen LogP contribution in [0.4, 0.5) is 0 Å². The van der Waals surface area contributed by atoms with E-state index >= 15 is 0 Å². The van der Waals surface area contributed by atoms with Crippen LogP contribution in [0.5, 0.6) is 0 Å². The molecule has 0 aromatic carbocycles. The maximum atomic E-state index is 12.1. The van der Waals surface area contributed by atoms with Gasteiger partial charge in [0.15, 0.2) is 0 Å². The Morgan fingerprint density at radius 1 is 1.53 bits per heavy atom. The highest BCUT2D eigenvalue weighted by atomic mass is 16.2. The third-order valence-electron chi connectivity index (χ3n) is 2.92. The van der Waals surface area contributed by atoms with Crippen LogP contribution in [0.3, 0.4) is 0 Å². The largest absolute Gasteiger partial charge is 0.345 e.